The van der Waals surface area contributed by atoms with Gasteiger partial charge in [-0.3, -0.25) is 0 Å². The number of unbranched alkanes of at least 4 members (excludes halogenated alkanes) is 1. The van der Waals surface area contributed by atoms with E-state index in [0.29, 0.717) is 0 Å². The maximum atomic E-state index is 9.84. The average Bonchev–Trinajstić information content (AvgIpc) is 2.75. The second-order valence-electron chi connectivity index (χ2n) is 5.38. The van der Waals surface area contributed by atoms with E-state index < -0.39 is 0 Å². The predicted octanol–water partition coefficient (Wildman–Crippen LogP) is 0.375. The molecule has 0 aromatic carbocycles. The summed E-state index contributed by atoms with van der Waals surface area (Å²) < 4.78 is 0. The summed E-state index contributed by atoms with van der Waals surface area (Å²) in [6, 6.07) is 0. The fraction of sp³-hybridized carbons (Fsp3) is 1.00. The van der Waals surface area contributed by atoms with Gasteiger partial charge in [0.25, 0.3) is 0 Å². The second kappa shape index (κ2) is 8.86. The van der Waals surface area contributed by atoms with Crippen LogP contribution in [0.5, 0.6) is 0 Å². The molecule has 1 atom stereocenters. The van der Waals surface area contributed by atoms with E-state index in [-0.39, 0.29) is 6.10 Å². The Balaban J connectivity index is 1.87. The minimum atomic E-state index is -0.207. The van der Waals surface area contributed by atoms with Crippen LogP contribution in [0.2, 0.25) is 0 Å². The summed E-state index contributed by atoms with van der Waals surface area (Å²) in [5.74, 6) is 0. The summed E-state index contributed by atoms with van der Waals surface area (Å²) in [5.41, 5.74) is 0. The monoisotopic (exact) mass is 243 g/mol. The van der Waals surface area contributed by atoms with Gasteiger partial charge in [0.05, 0.1) is 6.10 Å². The first-order valence-electron chi connectivity index (χ1n) is 6.94. The van der Waals surface area contributed by atoms with Crippen LogP contribution in [0, 0.1) is 0 Å². The van der Waals surface area contributed by atoms with Crippen molar-refractivity contribution in [3.8, 4) is 0 Å². The van der Waals surface area contributed by atoms with Gasteiger partial charge in [-0.25, -0.2) is 0 Å². The number of rotatable bonds is 9. The molecule has 1 aliphatic heterocycles. The first kappa shape index (κ1) is 14.9. The first-order chi connectivity index (χ1) is 8.18. The number of nitrogens with zero attached hydrogens (tertiary/aromatic N) is 2. The molecule has 1 aliphatic rings. The van der Waals surface area contributed by atoms with Crippen LogP contribution >= 0.6 is 0 Å². The largest absolute Gasteiger partial charge is 0.390 e. The highest BCUT2D eigenvalue weighted by atomic mass is 16.3. The molecular weight excluding hydrogens is 214 g/mol. The Kier molecular flexibility index (Phi) is 7.77. The zero-order valence-corrected chi connectivity index (χ0v) is 11.5. The fourth-order valence-electron chi connectivity index (χ4n) is 2.27. The molecule has 0 spiro atoms. The van der Waals surface area contributed by atoms with Crippen LogP contribution in [-0.4, -0.2) is 74.4 Å². The third-order valence-electron chi connectivity index (χ3n) is 3.26. The molecule has 0 aromatic heterocycles. The van der Waals surface area contributed by atoms with Gasteiger partial charge in [0.2, 0.25) is 0 Å². The third-order valence-corrected chi connectivity index (χ3v) is 3.26. The van der Waals surface area contributed by atoms with Gasteiger partial charge < -0.3 is 20.2 Å². The summed E-state index contributed by atoms with van der Waals surface area (Å²) in [6.45, 7) is 6.08. The van der Waals surface area contributed by atoms with E-state index >= 15 is 0 Å². The minimum Gasteiger partial charge on any atom is -0.390 e. The highest BCUT2D eigenvalue weighted by Gasteiger charge is 2.14. The summed E-state index contributed by atoms with van der Waals surface area (Å²) in [7, 11) is 4.21. The van der Waals surface area contributed by atoms with Crippen molar-refractivity contribution in [1.29, 1.82) is 0 Å². The van der Waals surface area contributed by atoms with Crippen molar-refractivity contribution in [2.75, 3.05) is 53.4 Å². The van der Waals surface area contributed by atoms with Crippen molar-refractivity contribution < 1.29 is 5.11 Å². The number of hydrogen-bond acceptors (Lipinski definition) is 4. The zero-order chi connectivity index (χ0) is 12.5. The second-order valence-corrected chi connectivity index (χ2v) is 5.38. The maximum Gasteiger partial charge on any atom is 0.0791 e. The van der Waals surface area contributed by atoms with E-state index in [1.165, 1.54) is 38.8 Å². The van der Waals surface area contributed by atoms with Crippen LogP contribution < -0.4 is 5.32 Å². The zero-order valence-electron chi connectivity index (χ0n) is 11.5. The normalized spacial score (nSPS) is 19.1. The summed E-state index contributed by atoms with van der Waals surface area (Å²) in [4.78, 5) is 4.57. The maximum absolute atomic E-state index is 9.84. The molecule has 0 amide bonds. The molecule has 1 heterocycles. The lowest BCUT2D eigenvalue weighted by Gasteiger charge is -2.19. The molecule has 0 aromatic rings. The molecular formula is C13H29N3O. The topological polar surface area (TPSA) is 38.7 Å². The van der Waals surface area contributed by atoms with E-state index in [4.69, 9.17) is 0 Å². The van der Waals surface area contributed by atoms with Crippen molar-refractivity contribution in [3.05, 3.63) is 0 Å². The molecule has 4 heteroatoms. The summed E-state index contributed by atoms with van der Waals surface area (Å²) >= 11 is 0. The van der Waals surface area contributed by atoms with Crippen LogP contribution in [0.3, 0.4) is 0 Å². The molecule has 0 radical (unpaired) electrons. The molecule has 4 nitrogen and oxygen atoms in total. The quantitative estimate of drug-likeness (QED) is 0.574. The predicted molar refractivity (Wildman–Crippen MR) is 72.3 cm³/mol. The lowest BCUT2D eigenvalue weighted by molar-refractivity contribution is 0.123. The van der Waals surface area contributed by atoms with E-state index in [0.717, 1.165) is 26.2 Å². The van der Waals surface area contributed by atoms with Gasteiger partial charge in [-0.05, 0) is 66.0 Å². The van der Waals surface area contributed by atoms with E-state index in [9.17, 15) is 5.11 Å². The van der Waals surface area contributed by atoms with Gasteiger partial charge in [0.15, 0.2) is 0 Å². The van der Waals surface area contributed by atoms with Gasteiger partial charge in [-0.15, -0.1) is 0 Å². The molecule has 0 aliphatic carbocycles. The van der Waals surface area contributed by atoms with Crippen molar-refractivity contribution in [3.63, 3.8) is 0 Å². The molecule has 1 fully saturated rings. The van der Waals surface area contributed by atoms with Crippen LogP contribution in [0.15, 0.2) is 0 Å². The van der Waals surface area contributed by atoms with E-state index in [1.54, 1.807) is 0 Å². The highest BCUT2D eigenvalue weighted by Crippen LogP contribution is 2.07. The third kappa shape index (κ3) is 7.71. The Labute approximate surface area is 106 Å². The van der Waals surface area contributed by atoms with Crippen LogP contribution in [0.4, 0.5) is 0 Å². The van der Waals surface area contributed by atoms with E-state index in [2.05, 4.69) is 29.2 Å². The van der Waals surface area contributed by atoms with Gasteiger partial charge in [0.1, 0.15) is 0 Å². The van der Waals surface area contributed by atoms with Crippen LogP contribution in [0.1, 0.15) is 25.7 Å². The molecule has 2 N–H and O–H groups in total. The number of β-amino-alcohol motifs (C(OH)–C–C–N with tert-alkyl or cyclic N) is 1. The smallest absolute Gasteiger partial charge is 0.0791 e. The van der Waals surface area contributed by atoms with Gasteiger partial charge in [-0.2, -0.15) is 0 Å². The highest BCUT2D eigenvalue weighted by molar-refractivity contribution is 4.71. The Morgan fingerprint density at radius 2 is 1.94 bits per heavy atom. The minimum absolute atomic E-state index is 0.207. The molecule has 1 saturated heterocycles. The number of aliphatic hydroxyl groups excluding tert-OH is 1. The van der Waals surface area contributed by atoms with Crippen molar-refractivity contribution in [1.82, 2.24) is 15.1 Å². The number of aliphatic hydroxyl groups is 1. The van der Waals surface area contributed by atoms with Gasteiger partial charge in [-0.1, -0.05) is 0 Å². The molecule has 1 unspecified atom stereocenters. The Hall–Kier alpha value is -0.160. The van der Waals surface area contributed by atoms with Crippen LogP contribution in [0.25, 0.3) is 0 Å². The molecule has 1 rings (SSSR count). The van der Waals surface area contributed by atoms with E-state index in [1.807, 2.05) is 0 Å². The summed E-state index contributed by atoms with van der Waals surface area (Å²) in [6.07, 6.45) is 4.80. The fourth-order valence-corrected chi connectivity index (χ4v) is 2.27. The number of nitrogens with one attached hydrogen (secondary N) is 1. The molecule has 0 bridgehead atoms. The molecule has 17 heavy (non-hydrogen) atoms. The number of hydrogen-bond donors (Lipinski definition) is 2. The Morgan fingerprint density at radius 3 is 2.59 bits per heavy atom. The lowest BCUT2D eigenvalue weighted by Crippen LogP contribution is -2.37. The van der Waals surface area contributed by atoms with Crippen molar-refractivity contribution in [2.45, 2.75) is 31.8 Å². The standard InChI is InChI=1S/C13H29N3O/c1-15(2)8-4-3-7-14-11-13(17)12-16-9-5-6-10-16/h13-14,17H,3-12H2,1-2H3. The number of likely N-dealkylation sites (tertiary alicyclic amines) is 1. The van der Waals surface area contributed by atoms with Crippen molar-refractivity contribution in [2.24, 2.45) is 0 Å². The van der Waals surface area contributed by atoms with Crippen LogP contribution in [-0.2, 0) is 0 Å². The molecule has 102 valence electrons. The van der Waals surface area contributed by atoms with Crippen molar-refractivity contribution >= 4 is 0 Å². The Bertz CT molecular complexity index is 182. The SMILES string of the molecule is CN(C)CCCCNCC(O)CN1CCCC1. The summed E-state index contributed by atoms with van der Waals surface area (Å²) in [5, 5.41) is 13.2. The van der Waals surface area contributed by atoms with Gasteiger partial charge in [0, 0.05) is 13.1 Å². The average molecular weight is 243 g/mol. The molecule has 0 saturated carbocycles. The van der Waals surface area contributed by atoms with Gasteiger partial charge >= 0.3 is 0 Å². The Morgan fingerprint density at radius 1 is 1.24 bits per heavy atom. The first-order valence-corrected chi connectivity index (χ1v) is 6.94. The lowest BCUT2D eigenvalue weighted by atomic mass is 10.3.